The van der Waals surface area contributed by atoms with Crippen molar-refractivity contribution in [3.63, 3.8) is 0 Å². The normalized spacial score (nSPS) is 22.9. The number of nitrogens with zero attached hydrogens (tertiary/aromatic N) is 1. The van der Waals surface area contributed by atoms with Gasteiger partial charge in [-0.05, 0) is 38.3 Å². The van der Waals surface area contributed by atoms with E-state index in [1.807, 2.05) is 6.92 Å². The summed E-state index contributed by atoms with van der Waals surface area (Å²) in [5.74, 6) is 5.39. The SMILES string of the molecule is CC1(O)CCCN(C(=O)c2ccc(C#CCO)s2)CC1. The molecule has 4 nitrogen and oxygen atoms in total. The van der Waals surface area contributed by atoms with Gasteiger partial charge in [-0.2, -0.15) is 0 Å². The third kappa shape index (κ3) is 3.83. The first-order chi connectivity index (χ1) is 9.52. The van der Waals surface area contributed by atoms with Crippen molar-refractivity contribution in [1.82, 2.24) is 4.90 Å². The molecule has 5 heteroatoms. The average Bonchev–Trinajstić information content (AvgIpc) is 2.80. The third-order valence-corrected chi connectivity index (χ3v) is 4.45. The van der Waals surface area contributed by atoms with Gasteiger partial charge in [-0.15, -0.1) is 11.3 Å². The van der Waals surface area contributed by atoms with Gasteiger partial charge in [-0.3, -0.25) is 4.79 Å². The monoisotopic (exact) mass is 293 g/mol. The van der Waals surface area contributed by atoms with E-state index in [1.165, 1.54) is 11.3 Å². The van der Waals surface area contributed by atoms with E-state index in [0.29, 0.717) is 24.4 Å². The summed E-state index contributed by atoms with van der Waals surface area (Å²) in [5, 5.41) is 18.7. The van der Waals surface area contributed by atoms with Crippen molar-refractivity contribution in [3.05, 3.63) is 21.9 Å². The molecule has 1 aromatic rings. The van der Waals surface area contributed by atoms with Crippen molar-refractivity contribution in [1.29, 1.82) is 0 Å². The number of aliphatic hydroxyl groups is 2. The van der Waals surface area contributed by atoms with E-state index in [4.69, 9.17) is 5.11 Å². The van der Waals surface area contributed by atoms with E-state index in [2.05, 4.69) is 11.8 Å². The highest BCUT2D eigenvalue weighted by atomic mass is 32.1. The number of carbonyl (C=O) groups excluding carboxylic acids is 1. The first-order valence-electron chi connectivity index (χ1n) is 6.73. The largest absolute Gasteiger partial charge is 0.390 e. The quantitative estimate of drug-likeness (QED) is 0.771. The summed E-state index contributed by atoms with van der Waals surface area (Å²) in [7, 11) is 0. The number of carbonyl (C=O) groups is 1. The fraction of sp³-hybridized carbons (Fsp3) is 0.533. The molecular weight excluding hydrogens is 274 g/mol. The molecule has 1 amide bonds. The molecule has 1 unspecified atom stereocenters. The molecule has 0 saturated carbocycles. The molecule has 1 aliphatic rings. The number of hydrogen-bond donors (Lipinski definition) is 2. The smallest absolute Gasteiger partial charge is 0.263 e. The molecule has 1 aliphatic heterocycles. The van der Waals surface area contributed by atoms with Gasteiger partial charge in [0.05, 0.1) is 15.4 Å². The molecule has 0 radical (unpaired) electrons. The summed E-state index contributed by atoms with van der Waals surface area (Å²) in [6, 6.07) is 3.58. The molecule has 0 bridgehead atoms. The lowest BCUT2D eigenvalue weighted by Gasteiger charge is -2.22. The number of aliphatic hydroxyl groups excluding tert-OH is 1. The number of hydrogen-bond acceptors (Lipinski definition) is 4. The lowest BCUT2D eigenvalue weighted by molar-refractivity contribution is 0.0438. The predicted octanol–water partition coefficient (Wildman–Crippen LogP) is 1.47. The fourth-order valence-corrected chi connectivity index (χ4v) is 3.12. The van der Waals surface area contributed by atoms with Gasteiger partial charge in [0.25, 0.3) is 5.91 Å². The Kier molecular flexibility index (Phi) is 4.81. The molecule has 0 aromatic carbocycles. The van der Waals surface area contributed by atoms with E-state index in [0.717, 1.165) is 17.7 Å². The van der Waals surface area contributed by atoms with Gasteiger partial charge in [-0.25, -0.2) is 0 Å². The zero-order chi connectivity index (χ0) is 14.6. The van der Waals surface area contributed by atoms with E-state index in [9.17, 15) is 9.90 Å². The minimum absolute atomic E-state index is 0.00440. The molecule has 20 heavy (non-hydrogen) atoms. The maximum Gasteiger partial charge on any atom is 0.263 e. The maximum absolute atomic E-state index is 12.4. The molecule has 2 heterocycles. The highest BCUT2D eigenvalue weighted by Crippen LogP contribution is 2.24. The van der Waals surface area contributed by atoms with Crippen molar-refractivity contribution in [3.8, 4) is 11.8 Å². The number of rotatable bonds is 1. The predicted molar refractivity (Wildman–Crippen MR) is 78.7 cm³/mol. The molecule has 108 valence electrons. The van der Waals surface area contributed by atoms with E-state index < -0.39 is 5.60 Å². The number of amides is 1. The highest BCUT2D eigenvalue weighted by molar-refractivity contribution is 7.14. The third-order valence-electron chi connectivity index (χ3n) is 3.46. The molecule has 2 rings (SSSR count). The lowest BCUT2D eigenvalue weighted by Crippen LogP contribution is -2.33. The Morgan fingerprint density at radius 2 is 2.25 bits per heavy atom. The van der Waals surface area contributed by atoms with Gasteiger partial charge in [0, 0.05) is 13.1 Å². The Morgan fingerprint density at radius 1 is 1.45 bits per heavy atom. The Balaban J connectivity index is 2.05. The van der Waals surface area contributed by atoms with Crippen molar-refractivity contribution in [2.75, 3.05) is 19.7 Å². The van der Waals surface area contributed by atoms with Crippen LogP contribution in [0.25, 0.3) is 0 Å². The Hall–Kier alpha value is -1.35. The van der Waals surface area contributed by atoms with Crippen molar-refractivity contribution < 1.29 is 15.0 Å². The minimum atomic E-state index is -0.664. The summed E-state index contributed by atoms with van der Waals surface area (Å²) in [4.78, 5) is 15.7. The topological polar surface area (TPSA) is 60.8 Å². The Morgan fingerprint density at radius 3 is 3.00 bits per heavy atom. The zero-order valence-electron chi connectivity index (χ0n) is 11.6. The standard InChI is InChI=1S/C15H19NO3S/c1-15(19)7-3-9-16(10-8-15)14(18)13-6-5-12(20-13)4-2-11-17/h5-6,17,19H,3,7-11H2,1H3. The van der Waals surface area contributed by atoms with Gasteiger partial charge < -0.3 is 15.1 Å². The van der Waals surface area contributed by atoms with Crippen LogP contribution in [0.3, 0.4) is 0 Å². The second-order valence-corrected chi connectivity index (χ2v) is 6.35. The molecule has 1 aromatic heterocycles. The molecule has 2 N–H and O–H groups in total. The van der Waals surface area contributed by atoms with Crippen LogP contribution < -0.4 is 0 Å². The second-order valence-electron chi connectivity index (χ2n) is 5.27. The summed E-state index contributed by atoms with van der Waals surface area (Å²) in [6.07, 6.45) is 2.16. The fourth-order valence-electron chi connectivity index (χ4n) is 2.27. The van der Waals surface area contributed by atoms with Crippen LogP contribution in [0.2, 0.25) is 0 Å². The van der Waals surface area contributed by atoms with Crippen LogP contribution in [-0.2, 0) is 0 Å². The van der Waals surface area contributed by atoms with Crippen LogP contribution in [0.4, 0.5) is 0 Å². The van der Waals surface area contributed by atoms with Crippen LogP contribution in [0.1, 0.15) is 40.7 Å². The first kappa shape index (κ1) is 15.0. The second kappa shape index (κ2) is 6.40. The van der Waals surface area contributed by atoms with Gasteiger partial charge >= 0.3 is 0 Å². The van der Waals surface area contributed by atoms with Crippen LogP contribution in [0.15, 0.2) is 12.1 Å². The van der Waals surface area contributed by atoms with E-state index in [-0.39, 0.29) is 12.5 Å². The van der Waals surface area contributed by atoms with E-state index in [1.54, 1.807) is 17.0 Å². The summed E-state index contributed by atoms with van der Waals surface area (Å²) >= 11 is 1.34. The van der Waals surface area contributed by atoms with Gasteiger partial charge in [0.2, 0.25) is 0 Å². The van der Waals surface area contributed by atoms with Gasteiger partial charge in [-0.1, -0.05) is 11.8 Å². The van der Waals surface area contributed by atoms with Crippen LogP contribution in [-0.4, -0.2) is 46.3 Å². The van der Waals surface area contributed by atoms with Crippen molar-refractivity contribution in [2.45, 2.75) is 31.8 Å². The van der Waals surface area contributed by atoms with Crippen LogP contribution >= 0.6 is 11.3 Å². The van der Waals surface area contributed by atoms with Crippen LogP contribution in [0, 0.1) is 11.8 Å². The summed E-state index contributed by atoms with van der Waals surface area (Å²) < 4.78 is 0. The number of likely N-dealkylation sites (tertiary alicyclic amines) is 1. The van der Waals surface area contributed by atoms with Crippen molar-refractivity contribution in [2.24, 2.45) is 0 Å². The van der Waals surface area contributed by atoms with E-state index >= 15 is 0 Å². The summed E-state index contributed by atoms with van der Waals surface area (Å²) in [5.41, 5.74) is -0.664. The first-order valence-corrected chi connectivity index (χ1v) is 7.55. The van der Waals surface area contributed by atoms with Crippen molar-refractivity contribution >= 4 is 17.2 Å². The number of thiophene rings is 1. The molecule has 0 aliphatic carbocycles. The molecule has 0 spiro atoms. The van der Waals surface area contributed by atoms with Gasteiger partial charge in [0.15, 0.2) is 0 Å². The van der Waals surface area contributed by atoms with Gasteiger partial charge in [0.1, 0.15) is 6.61 Å². The Labute approximate surface area is 123 Å². The highest BCUT2D eigenvalue weighted by Gasteiger charge is 2.27. The molecule has 1 saturated heterocycles. The Bertz CT molecular complexity index is 539. The minimum Gasteiger partial charge on any atom is -0.390 e. The average molecular weight is 293 g/mol. The zero-order valence-corrected chi connectivity index (χ0v) is 12.4. The summed E-state index contributed by atoms with van der Waals surface area (Å²) in [6.45, 7) is 2.92. The van der Waals surface area contributed by atoms with Crippen LogP contribution in [0.5, 0.6) is 0 Å². The molecule has 1 atom stereocenters. The lowest BCUT2D eigenvalue weighted by atomic mass is 9.98. The molecular formula is C15H19NO3S. The molecule has 1 fully saturated rings. The maximum atomic E-state index is 12.4.